The van der Waals surface area contributed by atoms with Gasteiger partial charge in [0.1, 0.15) is 0 Å². The number of rotatable bonds is 3. The van der Waals surface area contributed by atoms with E-state index in [9.17, 15) is 0 Å². The van der Waals surface area contributed by atoms with E-state index in [1.54, 1.807) is 0 Å². The van der Waals surface area contributed by atoms with Gasteiger partial charge in [-0.3, -0.25) is 0 Å². The summed E-state index contributed by atoms with van der Waals surface area (Å²) in [6, 6.07) is 0.847. The predicted octanol–water partition coefficient (Wildman–Crippen LogP) is 3.59. The van der Waals surface area contributed by atoms with E-state index in [-0.39, 0.29) is 0 Å². The molecule has 1 nitrogen and oxygen atoms in total. The predicted molar refractivity (Wildman–Crippen MR) is 65.9 cm³/mol. The second-order valence-electron chi connectivity index (χ2n) is 6.15. The van der Waals surface area contributed by atoms with Crippen LogP contribution in [-0.2, 0) is 0 Å². The Kier molecular flexibility index (Phi) is 4.07. The van der Waals surface area contributed by atoms with Crippen molar-refractivity contribution in [2.24, 2.45) is 17.8 Å². The van der Waals surface area contributed by atoms with Crippen molar-refractivity contribution in [3.63, 3.8) is 0 Å². The Labute approximate surface area is 95.0 Å². The highest BCUT2D eigenvalue weighted by molar-refractivity contribution is 4.80. The van der Waals surface area contributed by atoms with E-state index >= 15 is 0 Å². The van der Waals surface area contributed by atoms with Crippen LogP contribution in [0.5, 0.6) is 0 Å². The third-order valence-electron chi connectivity index (χ3n) is 4.53. The smallest absolute Gasteiger partial charge is 0.00698 e. The maximum atomic E-state index is 3.80. The van der Waals surface area contributed by atoms with E-state index < -0.39 is 0 Å². The first kappa shape index (κ1) is 11.4. The van der Waals surface area contributed by atoms with E-state index in [1.165, 1.54) is 51.5 Å². The van der Waals surface area contributed by atoms with Crippen molar-refractivity contribution < 1.29 is 0 Å². The van der Waals surface area contributed by atoms with Crippen molar-refractivity contribution in [1.82, 2.24) is 5.32 Å². The fourth-order valence-electron chi connectivity index (χ4n) is 3.26. The highest BCUT2D eigenvalue weighted by Crippen LogP contribution is 2.29. The maximum absolute atomic E-state index is 3.80. The standard InChI is InChI=1S/C14H27N/c1-11-3-6-13(7-4-11)10-15-14-8-5-12(2)9-14/h11-15H,3-10H2,1-2H3. The van der Waals surface area contributed by atoms with E-state index in [4.69, 9.17) is 0 Å². The molecule has 0 aromatic carbocycles. The molecule has 0 saturated heterocycles. The number of hydrogen-bond acceptors (Lipinski definition) is 1. The van der Waals surface area contributed by atoms with Gasteiger partial charge in [0.2, 0.25) is 0 Å². The molecular weight excluding hydrogens is 182 g/mol. The van der Waals surface area contributed by atoms with Crippen molar-refractivity contribution >= 4 is 0 Å². The highest BCUT2D eigenvalue weighted by atomic mass is 14.9. The van der Waals surface area contributed by atoms with Gasteiger partial charge in [-0.1, -0.05) is 26.7 Å². The van der Waals surface area contributed by atoms with Gasteiger partial charge in [-0.2, -0.15) is 0 Å². The Morgan fingerprint density at radius 1 is 0.867 bits per heavy atom. The summed E-state index contributed by atoms with van der Waals surface area (Å²) >= 11 is 0. The average molecular weight is 209 g/mol. The summed E-state index contributed by atoms with van der Waals surface area (Å²) in [5, 5.41) is 3.80. The molecule has 0 radical (unpaired) electrons. The molecule has 0 aromatic rings. The van der Waals surface area contributed by atoms with Crippen LogP contribution in [0.3, 0.4) is 0 Å². The fraction of sp³-hybridized carbons (Fsp3) is 1.00. The molecule has 1 N–H and O–H groups in total. The van der Waals surface area contributed by atoms with Gasteiger partial charge in [-0.15, -0.1) is 0 Å². The van der Waals surface area contributed by atoms with Crippen LogP contribution in [0.2, 0.25) is 0 Å². The van der Waals surface area contributed by atoms with Crippen LogP contribution < -0.4 is 5.32 Å². The summed E-state index contributed by atoms with van der Waals surface area (Å²) in [4.78, 5) is 0. The lowest BCUT2D eigenvalue weighted by Crippen LogP contribution is -2.33. The minimum atomic E-state index is 0.847. The van der Waals surface area contributed by atoms with Gasteiger partial charge in [0.25, 0.3) is 0 Å². The summed E-state index contributed by atoms with van der Waals surface area (Å²) in [6.07, 6.45) is 10.2. The van der Waals surface area contributed by atoms with Crippen LogP contribution in [0.4, 0.5) is 0 Å². The topological polar surface area (TPSA) is 12.0 Å². The van der Waals surface area contributed by atoms with E-state index in [0.717, 1.165) is 23.8 Å². The molecule has 0 heterocycles. The first-order valence-corrected chi connectivity index (χ1v) is 6.97. The Morgan fingerprint density at radius 3 is 2.13 bits per heavy atom. The van der Waals surface area contributed by atoms with Crippen molar-refractivity contribution in [3.8, 4) is 0 Å². The van der Waals surface area contributed by atoms with Crippen LogP contribution >= 0.6 is 0 Å². The summed E-state index contributed by atoms with van der Waals surface area (Å²) in [7, 11) is 0. The number of nitrogens with one attached hydrogen (secondary N) is 1. The molecule has 0 bridgehead atoms. The Hall–Kier alpha value is -0.0400. The largest absolute Gasteiger partial charge is 0.314 e. The van der Waals surface area contributed by atoms with Gasteiger partial charge in [-0.25, -0.2) is 0 Å². The lowest BCUT2D eigenvalue weighted by Gasteiger charge is -2.27. The molecule has 0 aliphatic heterocycles. The number of hydrogen-bond donors (Lipinski definition) is 1. The van der Waals surface area contributed by atoms with Crippen molar-refractivity contribution in [1.29, 1.82) is 0 Å². The zero-order valence-corrected chi connectivity index (χ0v) is 10.5. The third kappa shape index (κ3) is 3.48. The molecule has 15 heavy (non-hydrogen) atoms. The fourth-order valence-corrected chi connectivity index (χ4v) is 3.26. The Balaban J connectivity index is 1.61. The zero-order valence-electron chi connectivity index (χ0n) is 10.5. The molecule has 2 unspecified atom stereocenters. The third-order valence-corrected chi connectivity index (χ3v) is 4.53. The molecule has 88 valence electrons. The van der Waals surface area contributed by atoms with E-state index in [0.29, 0.717) is 0 Å². The Bertz CT molecular complexity index is 182. The van der Waals surface area contributed by atoms with Crippen LogP contribution in [-0.4, -0.2) is 12.6 Å². The molecule has 2 atom stereocenters. The molecule has 2 fully saturated rings. The monoisotopic (exact) mass is 209 g/mol. The molecular formula is C14H27N. The first-order valence-electron chi connectivity index (χ1n) is 6.97. The molecule has 0 aromatic heterocycles. The SMILES string of the molecule is CC1CCC(CNC2CCC(C)C2)CC1. The zero-order chi connectivity index (χ0) is 10.7. The van der Waals surface area contributed by atoms with Gasteiger partial charge in [0, 0.05) is 6.04 Å². The molecule has 2 aliphatic carbocycles. The van der Waals surface area contributed by atoms with Crippen LogP contribution in [0.15, 0.2) is 0 Å². The van der Waals surface area contributed by atoms with Gasteiger partial charge >= 0.3 is 0 Å². The molecule has 2 rings (SSSR count). The van der Waals surface area contributed by atoms with Gasteiger partial charge in [0.05, 0.1) is 0 Å². The summed E-state index contributed by atoms with van der Waals surface area (Å²) in [5.41, 5.74) is 0. The molecule has 2 aliphatic rings. The van der Waals surface area contributed by atoms with Crippen molar-refractivity contribution in [2.75, 3.05) is 6.54 Å². The first-order chi connectivity index (χ1) is 7.24. The maximum Gasteiger partial charge on any atom is 0.00698 e. The molecule has 0 spiro atoms. The second kappa shape index (κ2) is 5.34. The lowest BCUT2D eigenvalue weighted by molar-refractivity contribution is 0.273. The van der Waals surface area contributed by atoms with Crippen LogP contribution in [0.25, 0.3) is 0 Å². The quantitative estimate of drug-likeness (QED) is 0.749. The summed E-state index contributed by atoms with van der Waals surface area (Å²) < 4.78 is 0. The second-order valence-corrected chi connectivity index (χ2v) is 6.15. The normalized spacial score (nSPS) is 42.0. The summed E-state index contributed by atoms with van der Waals surface area (Å²) in [6.45, 7) is 6.09. The molecule has 0 amide bonds. The minimum Gasteiger partial charge on any atom is -0.314 e. The van der Waals surface area contributed by atoms with Crippen molar-refractivity contribution in [3.05, 3.63) is 0 Å². The van der Waals surface area contributed by atoms with E-state index in [2.05, 4.69) is 19.2 Å². The van der Waals surface area contributed by atoms with Gasteiger partial charge in [-0.05, 0) is 56.4 Å². The van der Waals surface area contributed by atoms with Crippen LogP contribution in [0.1, 0.15) is 58.8 Å². The minimum absolute atomic E-state index is 0.847. The highest BCUT2D eigenvalue weighted by Gasteiger charge is 2.23. The molecule has 1 heteroatoms. The van der Waals surface area contributed by atoms with E-state index in [1.807, 2.05) is 0 Å². The summed E-state index contributed by atoms with van der Waals surface area (Å²) in [5.74, 6) is 2.94. The van der Waals surface area contributed by atoms with Gasteiger partial charge < -0.3 is 5.32 Å². The van der Waals surface area contributed by atoms with Crippen molar-refractivity contribution in [2.45, 2.75) is 64.8 Å². The lowest BCUT2D eigenvalue weighted by atomic mass is 9.83. The Morgan fingerprint density at radius 2 is 1.53 bits per heavy atom. The van der Waals surface area contributed by atoms with Crippen LogP contribution in [0, 0.1) is 17.8 Å². The molecule has 2 saturated carbocycles. The van der Waals surface area contributed by atoms with Gasteiger partial charge in [0.15, 0.2) is 0 Å². The average Bonchev–Trinajstić information content (AvgIpc) is 2.64.